The number of hydrogen-bond acceptors (Lipinski definition) is 5. The largest absolute Gasteiger partial charge is 0.459 e. The molecule has 0 radical (unpaired) electrons. The number of nitrogens with zero attached hydrogens (tertiary/aromatic N) is 2. The zero-order valence-corrected chi connectivity index (χ0v) is 20.2. The molecule has 5 nitrogen and oxygen atoms in total. The quantitative estimate of drug-likeness (QED) is 0.537. The first kappa shape index (κ1) is 22.1. The van der Waals surface area contributed by atoms with Crippen LogP contribution in [0.3, 0.4) is 0 Å². The molecule has 0 spiro atoms. The fourth-order valence-electron chi connectivity index (χ4n) is 4.88. The molecule has 5 rings (SSSR count). The van der Waals surface area contributed by atoms with Crippen LogP contribution in [-0.2, 0) is 19.5 Å². The van der Waals surface area contributed by atoms with Crippen LogP contribution in [0.4, 0.5) is 11.4 Å². The lowest BCUT2D eigenvalue weighted by atomic mass is 10.1. The van der Waals surface area contributed by atoms with E-state index in [0.29, 0.717) is 18.3 Å². The summed E-state index contributed by atoms with van der Waals surface area (Å²) in [6, 6.07) is 17.0. The van der Waals surface area contributed by atoms with Crippen LogP contribution in [0.15, 0.2) is 59.2 Å². The van der Waals surface area contributed by atoms with E-state index in [0.717, 1.165) is 42.9 Å². The summed E-state index contributed by atoms with van der Waals surface area (Å²) in [5, 5.41) is 3.11. The lowest BCUT2D eigenvalue weighted by molar-refractivity contribution is 0.0995. The molecule has 3 heterocycles. The summed E-state index contributed by atoms with van der Waals surface area (Å²) in [7, 11) is 0. The lowest BCUT2D eigenvalue weighted by Gasteiger charge is -2.27. The fraction of sp³-hybridized carbons (Fsp3) is 0.370. The molecule has 1 atom stereocenters. The Morgan fingerprint density at radius 3 is 2.73 bits per heavy atom. The van der Waals surface area contributed by atoms with Gasteiger partial charge in [0.2, 0.25) is 0 Å². The lowest BCUT2D eigenvalue weighted by Crippen LogP contribution is -2.32. The molecule has 1 N–H and O–H groups in total. The summed E-state index contributed by atoms with van der Waals surface area (Å²) in [6.45, 7) is 8.14. The minimum atomic E-state index is -0.190. The van der Waals surface area contributed by atoms with E-state index in [1.54, 1.807) is 6.26 Å². The van der Waals surface area contributed by atoms with Gasteiger partial charge in [0.25, 0.3) is 5.91 Å². The highest BCUT2D eigenvalue weighted by molar-refractivity contribution is 7.99. The topological polar surface area (TPSA) is 48.7 Å². The Labute approximate surface area is 200 Å². The van der Waals surface area contributed by atoms with Crippen LogP contribution in [0.1, 0.15) is 39.7 Å². The molecule has 1 saturated heterocycles. The van der Waals surface area contributed by atoms with Crippen LogP contribution < -0.4 is 10.2 Å². The Balaban J connectivity index is 1.31. The van der Waals surface area contributed by atoms with E-state index in [1.165, 1.54) is 28.3 Å². The number of thioether (sulfide) groups is 1. The molecule has 1 unspecified atom stereocenters. The smallest absolute Gasteiger partial charge is 0.291 e. The highest BCUT2D eigenvalue weighted by Crippen LogP contribution is 2.34. The van der Waals surface area contributed by atoms with Crippen molar-refractivity contribution in [1.29, 1.82) is 0 Å². The summed E-state index contributed by atoms with van der Waals surface area (Å²) in [6.07, 6.45) is 2.64. The Morgan fingerprint density at radius 1 is 1.06 bits per heavy atom. The van der Waals surface area contributed by atoms with E-state index in [-0.39, 0.29) is 5.91 Å². The van der Waals surface area contributed by atoms with Gasteiger partial charge in [-0.3, -0.25) is 9.69 Å². The summed E-state index contributed by atoms with van der Waals surface area (Å²) < 4.78 is 5.67. The predicted molar refractivity (Wildman–Crippen MR) is 136 cm³/mol. The minimum Gasteiger partial charge on any atom is -0.459 e. The summed E-state index contributed by atoms with van der Waals surface area (Å²) >= 11 is 2.02. The number of fused-ring (bicyclic) bond motifs is 1. The number of amides is 1. The second-order valence-electron chi connectivity index (χ2n) is 9.02. The molecule has 0 bridgehead atoms. The van der Waals surface area contributed by atoms with Gasteiger partial charge < -0.3 is 14.6 Å². The SMILES string of the molecule is Cc1c(CN2CCSCC2)cccc1NC(=O)c1occc1CN1c2ccccc2CC1C. The molecule has 2 aromatic carbocycles. The van der Waals surface area contributed by atoms with E-state index in [4.69, 9.17) is 4.42 Å². The van der Waals surface area contributed by atoms with Crippen molar-refractivity contribution >= 4 is 29.0 Å². The van der Waals surface area contributed by atoms with Gasteiger partial charge in [-0.2, -0.15) is 11.8 Å². The Morgan fingerprint density at radius 2 is 1.88 bits per heavy atom. The van der Waals surface area contributed by atoms with Gasteiger partial charge in [0.1, 0.15) is 0 Å². The number of rotatable bonds is 6. The second kappa shape index (κ2) is 9.65. The highest BCUT2D eigenvalue weighted by atomic mass is 32.2. The second-order valence-corrected chi connectivity index (χ2v) is 10.2. The van der Waals surface area contributed by atoms with Crippen LogP contribution in [0.5, 0.6) is 0 Å². The van der Waals surface area contributed by atoms with Gasteiger partial charge in [0.05, 0.1) is 6.26 Å². The fourth-order valence-corrected chi connectivity index (χ4v) is 5.86. The number of furan rings is 1. The maximum Gasteiger partial charge on any atom is 0.291 e. The first-order chi connectivity index (χ1) is 16.1. The third-order valence-corrected chi connectivity index (χ3v) is 7.78. The zero-order valence-electron chi connectivity index (χ0n) is 19.3. The molecule has 2 aliphatic heterocycles. The van der Waals surface area contributed by atoms with Crippen LogP contribution in [0, 0.1) is 6.92 Å². The van der Waals surface area contributed by atoms with E-state index < -0.39 is 0 Å². The van der Waals surface area contributed by atoms with Gasteiger partial charge in [-0.25, -0.2) is 0 Å². The predicted octanol–water partition coefficient (Wildman–Crippen LogP) is 5.34. The van der Waals surface area contributed by atoms with Crippen molar-refractivity contribution in [2.24, 2.45) is 0 Å². The zero-order chi connectivity index (χ0) is 22.8. The molecule has 0 saturated carbocycles. The summed E-state index contributed by atoms with van der Waals surface area (Å²) in [4.78, 5) is 18.1. The van der Waals surface area contributed by atoms with Gasteiger partial charge in [-0.15, -0.1) is 0 Å². The summed E-state index contributed by atoms with van der Waals surface area (Å²) in [5.74, 6) is 2.59. The van der Waals surface area contributed by atoms with Crippen molar-refractivity contribution < 1.29 is 9.21 Å². The van der Waals surface area contributed by atoms with Gasteiger partial charge >= 0.3 is 0 Å². The molecule has 1 aromatic heterocycles. The van der Waals surface area contributed by atoms with Gasteiger partial charge in [0, 0.05) is 60.7 Å². The molecule has 0 aliphatic carbocycles. The first-order valence-electron chi connectivity index (χ1n) is 11.7. The van der Waals surface area contributed by atoms with Crippen LogP contribution >= 0.6 is 11.8 Å². The third kappa shape index (κ3) is 4.68. The van der Waals surface area contributed by atoms with Crippen molar-refractivity contribution in [3.05, 3.63) is 82.8 Å². The van der Waals surface area contributed by atoms with Gasteiger partial charge in [-0.05, 0) is 55.2 Å². The third-order valence-electron chi connectivity index (χ3n) is 6.83. The monoisotopic (exact) mass is 461 g/mol. The highest BCUT2D eigenvalue weighted by Gasteiger charge is 2.28. The van der Waals surface area contributed by atoms with Gasteiger partial charge in [0.15, 0.2) is 5.76 Å². The molecule has 6 heteroatoms. The molecule has 1 fully saturated rings. The van der Waals surface area contributed by atoms with E-state index in [1.807, 2.05) is 30.0 Å². The normalized spacial score (nSPS) is 18.4. The van der Waals surface area contributed by atoms with E-state index >= 15 is 0 Å². The minimum absolute atomic E-state index is 0.190. The standard InChI is InChI=1S/C27H31N3O2S/c1-19-16-21-6-3-4-9-25(21)30(19)18-23-10-13-32-26(23)27(31)28-24-8-5-7-22(20(24)2)17-29-11-14-33-15-12-29/h3-10,13,19H,11-12,14-18H2,1-2H3,(H,28,31). The number of carbonyl (C=O) groups is 1. The number of hydrogen-bond donors (Lipinski definition) is 1. The van der Waals surface area contributed by atoms with Gasteiger partial charge in [-0.1, -0.05) is 30.3 Å². The van der Waals surface area contributed by atoms with Crippen LogP contribution in [0.25, 0.3) is 0 Å². The van der Waals surface area contributed by atoms with Crippen molar-refractivity contribution in [2.75, 3.05) is 34.8 Å². The maximum absolute atomic E-state index is 13.2. The average Bonchev–Trinajstić information content (AvgIpc) is 3.42. The molecule has 3 aromatic rings. The molecule has 172 valence electrons. The first-order valence-corrected chi connectivity index (χ1v) is 12.9. The number of nitrogens with one attached hydrogen (secondary N) is 1. The van der Waals surface area contributed by atoms with Crippen molar-refractivity contribution in [1.82, 2.24) is 4.90 Å². The Bertz CT molecular complexity index is 1140. The number of anilines is 2. The number of benzene rings is 2. The summed E-state index contributed by atoms with van der Waals surface area (Å²) in [5.41, 5.74) is 6.76. The number of carbonyl (C=O) groups excluding carboxylic acids is 1. The molecule has 33 heavy (non-hydrogen) atoms. The molecule has 1 amide bonds. The molecular weight excluding hydrogens is 430 g/mol. The Hall–Kier alpha value is -2.70. The van der Waals surface area contributed by atoms with E-state index in [9.17, 15) is 4.79 Å². The Kier molecular flexibility index (Phi) is 6.47. The average molecular weight is 462 g/mol. The van der Waals surface area contributed by atoms with Crippen molar-refractivity contribution in [3.63, 3.8) is 0 Å². The van der Waals surface area contributed by atoms with E-state index in [2.05, 4.69) is 59.3 Å². The van der Waals surface area contributed by atoms with Crippen LogP contribution in [-0.4, -0.2) is 41.4 Å². The maximum atomic E-state index is 13.2. The number of para-hydroxylation sites is 1. The molecule has 2 aliphatic rings. The van der Waals surface area contributed by atoms with Crippen molar-refractivity contribution in [3.8, 4) is 0 Å². The van der Waals surface area contributed by atoms with Crippen molar-refractivity contribution in [2.45, 2.75) is 39.4 Å². The molecular formula is C27H31N3O2S. The van der Waals surface area contributed by atoms with Crippen LogP contribution in [0.2, 0.25) is 0 Å².